The van der Waals surface area contributed by atoms with E-state index in [-0.39, 0.29) is 5.91 Å². The number of hydrogen-bond donors (Lipinski definition) is 1. The normalized spacial score (nSPS) is 14.8. The van der Waals surface area contributed by atoms with Crippen LogP contribution in [0.15, 0.2) is 30.5 Å². The molecule has 1 amide bonds. The average Bonchev–Trinajstić information content (AvgIpc) is 3.24. The van der Waals surface area contributed by atoms with Crippen LogP contribution in [-0.4, -0.2) is 25.2 Å². The van der Waals surface area contributed by atoms with Gasteiger partial charge in [-0.2, -0.15) is 5.10 Å². The molecule has 0 aliphatic heterocycles. The van der Waals surface area contributed by atoms with Gasteiger partial charge in [-0.3, -0.25) is 4.79 Å². The fourth-order valence-electron chi connectivity index (χ4n) is 4.69. The first-order chi connectivity index (χ1) is 14.4. The highest BCUT2D eigenvalue weighted by Crippen LogP contribution is 2.32. The predicted molar refractivity (Wildman–Crippen MR) is 118 cm³/mol. The largest absolute Gasteiger partial charge is 0.348 e. The van der Waals surface area contributed by atoms with Crippen LogP contribution >= 0.6 is 0 Å². The van der Waals surface area contributed by atoms with Crippen molar-refractivity contribution < 1.29 is 4.79 Å². The molecule has 0 atom stereocenters. The highest BCUT2D eigenvalue weighted by molar-refractivity contribution is 5.95. The van der Waals surface area contributed by atoms with E-state index in [0.29, 0.717) is 12.6 Å². The maximum atomic E-state index is 12.9. The van der Waals surface area contributed by atoms with Gasteiger partial charge in [0.05, 0.1) is 11.3 Å². The van der Waals surface area contributed by atoms with E-state index in [1.165, 1.54) is 37.8 Å². The lowest BCUT2D eigenvalue weighted by molar-refractivity contribution is 0.0950. The maximum Gasteiger partial charge on any atom is 0.253 e. The number of carbonyl (C=O) groups excluding carboxylic acids is 1. The Balaban J connectivity index is 1.43. The quantitative estimate of drug-likeness (QED) is 0.667. The molecule has 0 spiro atoms. The number of pyridine rings is 1. The van der Waals surface area contributed by atoms with E-state index in [2.05, 4.69) is 33.8 Å². The molecule has 3 aromatic heterocycles. The summed E-state index contributed by atoms with van der Waals surface area (Å²) < 4.78 is 4.21. The van der Waals surface area contributed by atoms with Crippen LogP contribution in [0.2, 0.25) is 0 Å². The summed E-state index contributed by atoms with van der Waals surface area (Å²) in [5.41, 5.74) is 6.03. The van der Waals surface area contributed by atoms with Gasteiger partial charge in [0, 0.05) is 35.9 Å². The summed E-state index contributed by atoms with van der Waals surface area (Å²) in [6, 6.07) is 8.52. The molecule has 0 aromatic carbocycles. The Morgan fingerprint density at radius 3 is 2.47 bits per heavy atom. The summed E-state index contributed by atoms with van der Waals surface area (Å²) in [7, 11) is 0. The van der Waals surface area contributed by atoms with E-state index < -0.39 is 0 Å². The van der Waals surface area contributed by atoms with Crippen LogP contribution in [0, 0.1) is 27.7 Å². The topological polar surface area (TPSA) is 64.7 Å². The number of rotatable bonds is 5. The van der Waals surface area contributed by atoms with Gasteiger partial charge in [0.15, 0.2) is 5.82 Å². The van der Waals surface area contributed by atoms with Crippen LogP contribution in [0.25, 0.3) is 5.82 Å². The summed E-state index contributed by atoms with van der Waals surface area (Å²) >= 11 is 0. The minimum absolute atomic E-state index is 0.0206. The minimum atomic E-state index is -0.0206. The van der Waals surface area contributed by atoms with Gasteiger partial charge in [0.2, 0.25) is 0 Å². The Kier molecular flexibility index (Phi) is 5.75. The number of nitrogens with one attached hydrogen (secondary N) is 1. The molecular weight excluding hydrogens is 374 g/mol. The smallest absolute Gasteiger partial charge is 0.253 e. The van der Waals surface area contributed by atoms with Gasteiger partial charge in [-0.1, -0.05) is 25.3 Å². The Hall–Kier alpha value is -2.89. The molecule has 1 fully saturated rings. The lowest BCUT2D eigenvalue weighted by Gasteiger charge is -2.26. The molecule has 1 aliphatic carbocycles. The van der Waals surface area contributed by atoms with E-state index in [0.717, 1.165) is 34.0 Å². The van der Waals surface area contributed by atoms with Crippen molar-refractivity contribution >= 4 is 5.91 Å². The van der Waals surface area contributed by atoms with Gasteiger partial charge < -0.3 is 9.88 Å². The van der Waals surface area contributed by atoms with Gasteiger partial charge in [0.25, 0.3) is 5.91 Å². The third-order valence-corrected chi connectivity index (χ3v) is 6.16. The zero-order valence-corrected chi connectivity index (χ0v) is 18.4. The Morgan fingerprint density at radius 1 is 1.07 bits per heavy atom. The van der Waals surface area contributed by atoms with Crippen LogP contribution in [-0.2, 0) is 6.54 Å². The molecule has 1 saturated carbocycles. The van der Waals surface area contributed by atoms with Crippen LogP contribution in [0.4, 0.5) is 0 Å². The third-order valence-electron chi connectivity index (χ3n) is 6.16. The van der Waals surface area contributed by atoms with Gasteiger partial charge in [-0.25, -0.2) is 9.67 Å². The Bertz CT molecular complexity index is 1040. The van der Waals surface area contributed by atoms with Crippen LogP contribution < -0.4 is 5.32 Å². The van der Waals surface area contributed by atoms with Crippen molar-refractivity contribution in [2.24, 2.45) is 0 Å². The van der Waals surface area contributed by atoms with E-state index in [1.54, 1.807) is 6.20 Å². The van der Waals surface area contributed by atoms with Crippen molar-refractivity contribution in [1.29, 1.82) is 0 Å². The zero-order chi connectivity index (χ0) is 21.3. The van der Waals surface area contributed by atoms with E-state index >= 15 is 0 Å². The van der Waals surface area contributed by atoms with Crippen molar-refractivity contribution in [3.05, 3.63) is 64.4 Å². The summed E-state index contributed by atoms with van der Waals surface area (Å²) in [5, 5.41) is 7.52. The fourth-order valence-corrected chi connectivity index (χ4v) is 4.69. The number of hydrogen-bond acceptors (Lipinski definition) is 3. The molecule has 158 valence electrons. The van der Waals surface area contributed by atoms with E-state index in [1.807, 2.05) is 42.8 Å². The van der Waals surface area contributed by atoms with Crippen LogP contribution in [0.1, 0.15) is 76.8 Å². The van der Waals surface area contributed by atoms with E-state index in [9.17, 15) is 4.79 Å². The molecule has 3 aromatic rings. The second-order valence-corrected chi connectivity index (χ2v) is 8.49. The lowest BCUT2D eigenvalue weighted by atomic mass is 9.95. The molecule has 3 heterocycles. The third kappa shape index (κ3) is 4.04. The second-order valence-electron chi connectivity index (χ2n) is 8.49. The fraction of sp³-hybridized carbons (Fsp3) is 0.458. The summed E-state index contributed by atoms with van der Waals surface area (Å²) in [6.07, 6.45) is 8.12. The van der Waals surface area contributed by atoms with Gasteiger partial charge in [-0.15, -0.1) is 0 Å². The monoisotopic (exact) mass is 405 g/mol. The second kappa shape index (κ2) is 8.46. The Morgan fingerprint density at radius 2 is 1.83 bits per heavy atom. The van der Waals surface area contributed by atoms with Gasteiger partial charge >= 0.3 is 0 Å². The zero-order valence-electron chi connectivity index (χ0n) is 18.4. The first kappa shape index (κ1) is 20.4. The standard InChI is InChI=1S/C24H31N5O/c1-16-12-18(3)29(27-16)23-11-10-20(14-25-23)15-26-24(30)22-13-17(2)28(19(22)4)21-8-6-5-7-9-21/h10-14,21H,5-9,15H2,1-4H3,(H,26,30). The molecule has 1 aliphatic rings. The molecule has 1 N–H and O–H groups in total. The van der Waals surface area contributed by atoms with Crippen molar-refractivity contribution in [2.75, 3.05) is 0 Å². The average molecular weight is 406 g/mol. The van der Waals surface area contributed by atoms with Crippen molar-refractivity contribution in [3.63, 3.8) is 0 Å². The predicted octanol–water partition coefficient (Wildman–Crippen LogP) is 4.74. The first-order valence-corrected chi connectivity index (χ1v) is 10.9. The number of nitrogens with zero attached hydrogens (tertiary/aromatic N) is 4. The van der Waals surface area contributed by atoms with Crippen molar-refractivity contribution in [1.82, 2.24) is 24.6 Å². The minimum Gasteiger partial charge on any atom is -0.348 e. The lowest BCUT2D eigenvalue weighted by Crippen LogP contribution is -2.24. The first-order valence-electron chi connectivity index (χ1n) is 10.9. The van der Waals surface area contributed by atoms with Crippen LogP contribution in [0.3, 0.4) is 0 Å². The van der Waals surface area contributed by atoms with Gasteiger partial charge in [-0.05, 0) is 64.3 Å². The van der Waals surface area contributed by atoms with Crippen LogP contribution in [0.5, 0.6) is 0 Å². The summed E-state index contributed by atoms with van der Waals surface area (Å²) in [5.74, 6) is 0.763. The molecule has 6 nitrogen and oxygen atoms in total. The molecular formula is C24H31N5O. The van der Waals surface area contributed by atoms with Crippen molar-refractivity contribution in [3.8, 4) is 5.82 Å². The van der Waals surface area contributed by atoms with Gasteiger partial charge in [0.1, 0.15) is 0 Å². The number of carbonyl (C=O) groups is 1. The number of aryl methyl sites for hydroxylation is 3. The molecule has 0 radical (unpaired) electrons. The molecule has 0 bridgehead atoms. The summed E-state index contributed by atoms with van der Waals surface area (Å²) in [6.45, 7) is 8.62. The molecule has 6 heteroatoms. The molecule has 30 heavy (non-hydrogen) atoms. The summed E-state index contributed by atoms with van der Waals surface area (Å²) in [4.78, 5) is 17.4. The number of amides is 1. The van der Waals surface area contributed by atoms with Crippen molar-refractivity contribution in [2.45, 2.75) is 72.4 Å². The Labute approximate surface area is 178 Å². The molecule has 0 unspecified atom stereocenters. The molecule has 0 saturated heterocycles. The van der Waals surface area contributed by atoms with E-state index in [4.69, 9.17) is 0 Å². The number of aromatic nitrogens is 4. The maximum absolute atomic E-state index is 12.9. The SMILES string of the molecule is Cc1cc(C)n(-c2ccc(CNC(=O)c3cc(C)n(C4CCCCC4)c3C)cn2)n1. The highest BCUT2D eigenvalue weighted by Gasteiger charge is 2.22. The molecule has 4 rings (SSSR count). The highest BCUT2D eigenvalue weighted by atomic mass is 16.1.